The first-order chi connectivity index (χ1) is 14.9. The molecule has 2 heterocycles. The molecule has 11 nitrogen and oxygen atoms in total. The number of anilines is 1. The van der Waals surface area contributed by atoms with Gasteiger partial charge in [0.25, 0.3) is 17.7 Å². The van der Waals surface area contributed by atoms with Gasteiger partial charge in [-0.15, -0.1) is 10.2 Å². The van der Waals surface area contributed by atoms with Crippen LogP contribution in [0.4, 0.5) is 10.8 Å². The van der Waals surface area contributed by atoms with Crippen LogP contribution in [0.2, 0.25) is 0 Å². The van der Waals surface area contributed by atoms with Crippen LogP contribution < -0.4 is 10.1 Å². The number of aromatic nitrogens is 2. The first kappa shape index (κ1) is 20.1. The maximum atomic E-state index is 12.4. The van der Waals surface area contributed by atoms with Gasteiger partial charge in [0, 0.05) is 6.07 Å². The molecule has 156 valence electrons. The van der Waals surface area contributed by atoms with Crippen LogP contribution in [-0.2, 0) is 11.3 Å². The summed E-state index contributed by atoms with van der Waals surface area (Å²) in [7, 11) is 0. The topological polar surface area (TPSA) is 145 Å². The highest BCUT2D eigenvalue weighted by Gasteiger charge is 2.35. The van der Waals surface area contributed by atoms with E-state index in [-0.39, 0.29) is 23.1 Å². The number of nitro groups is 1. The fraction of sp³-hybridized carbons (Fsp3) is 0.105. The molecule has 1 aliphatic rings. The molecule has 0 aliphatic carbocycles. The Morgan fingerprint density at radius 1 is 1.06 bits per heavy atom. The van der Waals surface area contributed by atoms with Crippen molar-refractivity contribution in [2.24, 2.45) is 0 Å². The number of amides is 3. The van der Waals surface area contributed by atoms with E-state index < -0.39 is 29.3 Å². The van der Waals surface area contributed by atoms with Crippen molar-refractivity contribution in [1.29, 1.82) is 0 Å². The monoisotopic (exact) mass is 439 g/mol. The molecule has 0 unspecified atom stereocenters. The van der Waals surface area contributed by atoms with Crippen molar-refractivity contribution in [2.75, 3.05) is 11.9 Å². The third-order valence-electron chi connectivity index (χ3n) is 4.31. The quantitative estimate of drug-likeness (QED) is 0.335. The van der Waals surface area contributed by atoms with E-state index in [1.807, 2.05) is 0 Å². The number of para-hydroxylation sites is 2. The van der Waals surface area contributed by atoms with Crippen LogP contribution >= 0.6 is 11.3 Å². The number of ether oxygens (including phenoxy) is 1. The maximum absolute atomic E-state index is 12.4. The molecule has 2 aromatic carbocycles. The van der Waals surface area contributed by atoms with Gasteiger partial charge in [-0.25, -0.2) is 0 Å². The van der Waals surface area contributed by atoms with Gasteiger partial charge in [0.1, 0.15) is 5.01 Å². The van der Waals surface area contributed by atoms with Crippen molar-refractivity contribution in [3.63, 3.8) is 0 Å². The minimum absolute atomic E-state index is 0.0359. The van der Waals surface area contributed by atoms with Gasteiger partial charge in [0.2, 0.25) is 5.13 Å². The molecule has 4 rings (SSSR count). The van der Waals surface area contributed by atoms with E-state index in [1.165, 1.54) is 18.2 Å². The van der Waals surface area contributed by atoms with E-state index in [9.17, 15) is 24.5 Å². The van der Waals surface area contributed by atoms with Gasteiger partial charge in [-0.1, -0.05) is 35.6 Å². The van der Waals surface area contributed by atoms with Gasteiger partial charge < -0.3 is 4.74 Å². The number of carbonyl (C=O) groups excluding carboxylic acids is 3. The van der Waals surface area contributed by atoms with Gasteiger partial charge >= 0.3 is 5.69 Å². The normalized spacial score (nSPS) is 12.6. The molecule has 0 spiro atoms. The number of nitrogens with zero attached hydrogens (tertiary/aromatic N) is 4. The van der Waals surface area contributed by atoms with Gasteiger partial charge in [-0.05, 0) is 18.2 Å². The molecule has 0 atom stereocenters. The molecule has 3 amide bonds. The fourth-order valence-electron chi connectivity index (χ4n) is 2.91. The lowest BCUT2D eigenvalue weighted by Crippen LogP contribution is -2.29. The molecular formula is C19H13N5O6S. The lowest BCUT2D eigenvalue weighted by Gasteiger charge is -2.10. The molecule has 0 bridgehead atoms. The second-order valence-corrected chi connectivity index (χ2v) is 7.37. The molecule has 12 heteroatoms. The second kappa shape index (κ2) is 8.28. The summed E-state index contributed by atoms with van der Waals surface area (Å²) in [5.41, 5.74) is 0.407. The number of hydrogen-bond donors (Lipinski definition) is 1. The van der Waals surface area contributed by atoms with E-state index >= 15 is 0 Å². The van der Waals surface area contributed by atoms with Crippen molar-refractivity contribution >= 4 is 39.9 Å². The first-order valence-electron chi connectivity index (χ1n) is 8.87. The third-order valence-corrected chi connectivity index (χ3v) is 5.13. The Labute approximate surface area is 178 Å². The van der Waals surface area contributed by atoms with Crippen LogP contribution in [0.5, 0.6) is 5.75 Å². The van der Waals surface area contributed by atoms with Gasteiger partial charge in [0.15, 0.2) is 12.4 Å². The minimum atomic E-state index is -0.608. The first-order valence-corrected chi connectivity index (χ1v) is 9.69. The SMILES string of the molecule is O=C(COc1ccccc1[N+](=O)[O-])Nc1nnc(CN2C(=O)c3ccccc3C2=O)s1. The Hall–Kier alpha value is -4.19. The summed E-state index contributed by atoms with van der Waals surface area (Å²) < 4.78 is 5.22. The highest BCUT2D eigenvalue weighted by Crippen LogP contribution is 2.27. The molecule has 3 aromatic rings. The van der Waals surface area contributed by atoms with Crippen molar-refractivity contribution in [3.8, 4) is 5.75 Å². The van der Waals surface area contributed by atoms with Crippen LogP contribution in [0.15, 0.2) is 48.5 Å². The molecular weight excluding hydrogens is 426 g/mol. The Kier molecular flexibility index (Phi) is 5.37. The zero-order chi connectivity index (χ0) is 22.0. The second-order valence-electron chi connectivity index (χ2n) is 6.30. The largest absolute Gasteiger partial charge is 0.477 e. The molecule has 1 N–H and O–H groups in total. The molecule has 0 fully saturated rings. The molecule has 0 saturated heterocycles. The number of benzene rings is 2. The van der Waals surface area contributed by atoms with E-state index in [2.05, 4.69) is 15.5 Å². The number of imide groups is 1. The van der Waals surface area contributed by atoms with Crippen LogP contribution in [-0.4, -0.2) is 44.3 Å². The van der Waals surface area contributed by atoms with Crippen LogP contribution in [0.25, 0.3) is 0 Å². The maximum Gasteiger partial charge on any atom is 0.310 e. The predicted molar refractivity (Wildman–Crippen MR) is 108 cm³/mol. The summed E-state index contributed by atoms with van der Waals surface area (Å²) in [4.78, 5) is 48.4. The van der Waals surface area contributed by atoms with Crippen molar-refractivity contribution in [2.45, 2.75) is 6.54 Å². The van der Waals surface area contributed by atoms with Gasteiger partial charge in [-0.3, -0.25) is 34.7 Å². The number of hydrogen-bond acceptors (Lipinski definition) is 9. The molecule has 0 radical (unpaired) electrons. The molecule has 1 aliphatic heterocycles. The third kappa shape index (κ3) is 4.09. The summed E-state index contributed by atoms with van der Waals surface area (Å²) in [5.74, 6) is -1.47. The van der Waals surface area contributed by atoms with Gasteiger partial charge in [-0.2, -0.15) is 0 Å². The zero-order valence-electron chi connectivity index (χ0n) is 15.7. The minimum Gasteiger partial charge on any atom is -0.477 e. The van der Waals surface area contributed by atoms with Gasteiger partial charge in [0.05, 0.1) is 22.6 Å². The number of fused-ring (bicyclic) bond motifs is 1. The van der Waals surface area contributed by atoms with E-state index in [0.29, 0.717) is 16.1 Å². The predicted octanol–water partition coefficient (Wildman–Crippen LogP) is 2.26. The summed E-state index contributed by atoms with van der Waals surface area (Å²) in [6, 6.07) is 12.2. The fourth-order valence-corrected chi connectivity index (χ4v) is 3.66. The van der Waals surface area contributed by atoms with E-state index in [4.69, 9.17) is 4.74 Å². The lowest BCUT2D eigenvalue weighted by molar-refractivity contribution is -0.385. The smallest absolute Gasteiger partial charge is 0.310 e. The zero-order valence-corrected chi connectivity index (χ0v) is 16.5. The van der Waals surface area contributed by atoms with Crippen LogP contribution in [0.1, 0.15) is 25.7 Å². The summed E-state index contributed by atoms with van der Waals surface area (Å²) in [5, 5.41) is 21.7. The number of rotatable bonds is 7. The lowest BCUT2D eigenvalue weighted by atomic mass is 10.1. The summed E-state index contributed by atoms with van der Waals surface area (Å²) in [6.45, 7) is -0.551. The number of carbonyl (C=O) groups is 3. The van der Waals surface area contributed by atoms with E-state index in [0.717, 1.165) is 16.2 Å². The summed E-state index contributed by atoms with van der Waals surface area (Å²) in [6.07, 6.45) is 0. The average Bonchev–Trinajstić information content (AvgIpc) is 3.30. The Morgan fingerprint density at radius 3 is 2.39 bits per heavy atom. The molecule has 31 heavy (non-hydrogen) atoms. The summed E-state index contributed by atoms with van der Waals surface area (Å²) >= 11 is 0.997. The highest BCUT2D eigenvalue weighted by molar-refractivity contribution is 7.15. The van der Waals surface area contributed by atoms with E-state index in [1.54, 1.807) is 30.3 Å². The van der Waals surface area contributed by atoms with Crippen LogP contribution in [0.3, 0.4) is 0 Å². The van der Waals surface area contributed by atoms with Crippen molar-refractivity contribution < 1.29 is 24.0 Å². The van der Waals surface area contributed by atoms with Crippen LogP contribution in [0, 0.1) is 10.1 Å². The Balaban J connectivity index is 1.36. The number of nitro benzene ring substituents is 1. The Bertz CT molecular complexity index is 1170. The van der Waals surface area contributed by atoms with Crippen molar-refractivity contribution in [3.05, 3.63) is 74.8 Å². The standard InChI is InChI=1S/C19H13N5O6S/c25-15(10-30-14-8-4-3-7-13(14)24(28)29)20-19-22-21-16(31-19)9-23-17(26)11-5-1-2-6-12(11)18(23)27/h1-8H,9-10H2,(H,20,22,25). The molecule has 1 aromatic heterocycles. The Morgan fingerprint density at radius 2 is 1.71 bits per heavy atom. The highest BCUT2D eigenvalue weighted by atomic mass is 32.1. The number of nitrogens with one attached hydrogen (secondary N) is 1. The average molecular weight is 439 g/mol. The molecule has 0 saturated carbocycles. The van der Waals surface area contributed by atoms with Crippen molar-refractivity contribution in [1.82, 2.24) is 15.1 Å².